The lowest BCUT2D eigenvalue weighted by Crippen LogP contribution is -2.15. The molecule has 22 heavy (non-hydrogen) atoms. The van der Waals surface area contributed by atoms with Gasteiger partial charge in [0.1, 0.15) is 5.56 Å². The molecule has 4 rings (SSSR count). The number of nitrogens with zero attached hydrogens (tertiary/aromatic N) is 2. The highest BCUT2D eigenvalue weighted by atomic mass is 32.1. The molecule has 2 heterocycles. The van der Waals surface area contributed by atoms with E-state index in [2.05, 4.69) is 4.98 Å². The zero-order chi connectivity index (χ0) is 15.3. The fourth-order valence-electron chi connectivity index (χ4n) is 2.62. The summed E-state index contributed by atoms with van der Waals surface area (Å²) in [4.78, 5) is 17.6. The van der Waals surface area contributed by atoms with Crippen molar-refractivity contribution in [2.75, 3.05) is 0 Å². The van der Waals surface area contributed by atoms with Crippen LogP contribution in [0, 0.1) is 6.92 Å². The predicted molar refractivity (Wildman–Crippen MR) is 88.7 cm³/mol. The summed E-state index contributed by atoms with van der Waals surface area (Å²) in [6.45, 7) is 2.01. The number of thiazole rings is 1. The number of rotatable bonds is 1. The Kier molecular flexibility index (Phi) is 2.77. The summed E-state index contributed by atoms with van der Waals surface area (Å²) < 4.78 is 2.55. The van der Waals surface area contributed by atoms with Crippen LogP contribution in [-0.4, -0.2) is 14.5 Å². The second-order valence-corrected chi connectivity index (χ2v) is 6.18. The number of aromatic nitrogens is 2. The second-order valence-electron chi connectivity index (χ2n) is 5.17. The van der Waals surface area contributed by atoms with Crippen molar-refractivity contribution in [3.05, 3.63) is 64.4 Å². The monoisotopic (exact) mass is 308 g/mol. The van der Waals surface area contributed by atoms with E-state index >= 15 is 0 Å². The SMILES string of the molecule is Cc1ccc2c(c1)sc1nc(O)c(-c3ccccc3)c(=O)n12. The van der Waals surface area contributed by atoms with E-state index in [1.54, 1.807) is 16.5 Å². The number of benzene rings is 2. The van der Waals surface area contributed by atoms with E-state index in [4.69, 9.17) is 0 Å². The Morgan fingerprint density at radius 2 is 1.91 bits per heavy atom. The molecule has 0 saturated heterocycles. The van der Waals surface area contributed by atoms with Gasteiger partial charge >= 0.3 is 0 Å². The third-order valence-corrected chi connectivity index (χ3v) is 4.66. The molecule has 4 nitrogen and oxygen atoms in total. The number of fused-ring (bicyclic) bond motifs is 3. The number of hydrogen-bond acceptors (Lipinski definition) is 4. The van der Waals surface area contributed by atoms with Crippen molar-refractivity contribution < 1.29 is 5.11 Å². The molecule has 0 aliphatic heterocycles. The molecule has 0 radical (unpaired) electrons. The summed E-state index contributed by atoms with van der Waals surface area (Å²) in [5.74, 6) is -0.223. The summed E-state index contributed by atoms with van der Waals surface area (Å²) in [6.07, 6.45) is 0. The van der Waals surface area contributed by atoms with E-state index in [9.17, 15) is 9.90 Å². The minimum Gasteiger partial charge on any atom is -0.493 e. The summed E-state index contributed by atoms with van der Waals surface area (Å²) in [7, 11) is 0. The maximum Gasteiger partial charge on any atom is 0.270 e. The molecule has 0 aliphatic rings. The molecule has 2 aromatic heterocycles. The van der Waals surface area contributed by atoms with Gasteiger partial charge in [0.05, 0.1) is 10.2 Å². The summed E-state index contributed by atoms with van der Waals surface area (Å²) >= 11 is 1.40. The molecule has 0 fully saturated rings. The van der Waals surface area contributed by atoms with Crippen molar-refractivity contribution in [1.82, 2.24) is 9.38 Å². The lowest BCUT2D eigenvalue weighted by Gasteiger charge is -2.04. The topological polar surface area (TPSA) is 54.6 Å². The van der Waals surface area contributed by atoms with Crippen LogP contribution in [0.15, 0.2) is 53.3 Å². The van der Waals surface area contributed by atoms with E-state index in [0.29, 0.717) is 10.5 Å². The molecule has 5 heteroatoms. The Labute approximate surface area is 129 Å². The van der Waals surface area contributed by atoms with Gasteiger partial charge in [-0.3, -0.25) is 9.20 Å². The first-order valence-electron chi connectivity index (χ1n) is 6.85. The standard InChI is InChI=1S/C17H12N2O2S/c1-10-7-8-12-13(9-10)22-17-18-15(20)14(16(21)19(12)17)11-5-3-2-4-6-11/h2-9,20H,1H3. The van der Waals surface area contributed by atoms with Crippen molar-refractivity contribution in [1.29, 1.82) is 0 Å². The van der Waals surface area contributed by atoms with E-state index in [-0.39, 0.29) is 17.0 Å². The molecule has 0 bridgehead atoms. The Morgan fingerprint density at radius 1 is 1.14 bits per heavy atom. The van der Waals surface area contributed by atoms with Crippen LogP contribution < -0.4 is 5.56 Å². The van der Waals surface area contributed by atoms with Gasteiger partial charge in [0.15, 0.2) is 0 Å². The van der Waals surface area contributed by atoms with Crippen LogP contribution in [-0.2, 0) is 0 Å². The van der Waals surface area contributed by atoms with Gasteiger partial charge in [0.2, 0.25) is 10.8 Å². The van der Waals surface area contributed by atoms with Gasteiger partial charge in [-0.2, -0.15) is 4.98 Å². The minimum absolute atomic E-state index is 0.223. The maximum absolute atomic E-state index is 12.9. The number of hydrogen-bond donors (Lipinski definition) is 1. The first-order chi connectivity index (χ1) is 10.6. The molecule has 108 valence electrons. The zero-order valence-corrected chi connectivity index (χ0v) is 12.6. The molecule has 0 amide bonds. The van der Waals surface area contributed by atoms with Crippen molar-refractivity contribution in [3.63, 3.8) is 0 Å². The van der Waals surface area contributed by atoms with Gasteiger partial charge in [-0.1, -0.05) is 47.7 Å². The molecule has 2 aromatic carbocycles. The average Bonchev–Trinajstić information content (AvgIpc) is 2.85. The third kappa shape index (κ3) is 1.83. The molecule has 0 aliphatic carbocycles. The smallest absolute Gasteiger partial charge is 0.270 e. The normalized spacial score (nSPS) is 11.3. The Morgan fingerprint density at radius 3 is 2.68 bits per heavy atom. The minimum atomic E-state index is -0.246. The van der Waals surface area contributed by atoms with Crippen LogP contribution in [0.1, 0.15) is 5.56 Å². The van der Waals surface area contributed by atoms with Gasteiger partial charge in [0, 0.05) is 0 Å². The molecule has 1 N–H and O–H groups in total. The van der Waals surface area contributed by atoms with Crippen LogP contribution >= 0.6 is 11.3 Å². The average molecular weight is 308 g/mol. The Hall–Kier alpha value is -2.66. The highest BCUT2D eigenvalue weighted by Crippen LogP contribution is 2.30. The van der Waals surface area contributed by atoms with Gasteiger partial charge in [-0.25, -0.2) is 0 Å². The van der Waals surface area contributed by atoms with Crippen molar-refractivity contribution in [3.8, 4) is 17.0 Å². The third-order valence-electron chi connectivity index (χ3n) is 3.65. The lowest BCUT2D eigenvalue weighted by molar-refractivity contribution is 0.456. The van der Waals surface area contributed by atoms with Crippen LogP contribution in [0.2, 0.25) is 0 Å². The van der Waals surface area contributed by atoms with Gasteiger partial charge < -0.3 is 5.11 Å². The molecule has 0 unspecified atom stereocenters. The molecule has 0 atom stereocenters. The summed E-state index contributed by atoms with van der Waals surface area (Å²) in [5, 5.41) is 10.2. The van der Waals surface area contributed by atoms with Crippen molar-refractivity contribution in [2.24, 2.45) is 0 Å². The van der Waals surface area contributed by atoms with Gasteiger partial charge in [0.25, 0.3) is 5.56 Å². The first kappa shape index (κ1) is 13.0. The molecular weight excluding hydrogens is 296 g/mol. The largest absolute Gasteiger partial charge is 0.493 e. The fraction of sp³-hybridized carbons (Fsp3) is 0.0588. The second kappa shape index (κ2) is 4.68. The van der Waals surface area contributed by atoms with Crippen LogP contribution in [0.3, 0.4) is 0 Å². The number of aryl methyl sites for hydroxylation is 1. The van der Waals surface area contributed by atoms with Crippen molar-refractivity contribution in [2.45, 2.75) is 6.92 Å². The van der Waals surface area contributed by atoms with E-state index < -0.39 is 0 Å². The van der Waals surface area contributed by atoms with E-state index in [1.165, 1.54) is 11.3 Å². The molecular formula is C17H12N2O2S. The predicted octanol–water partition coefficient (Wildman–Crippen LogP) is 3.59. The van der Waals surface area contributed by atoms with Gasteiger partial charge in [-0.05, 0) is 30.2 Å². The first-order valence-corrected chi connectivity index (χ1v) is 7.67. The van der Waals surface area contributed by atoms with E-state index in [0.717, 1.165) is 15.8 Å². The highest BCUT2D eigenvalue weighted by Gasteiger charge is 2.17. The summed E-state index contributed by atoms with van der Waals surface area (Å²) in [5.41, 5.74) is 2.60. The van der Waals surface area contributed by atoms with Crippen LogP contribution in [0.25, 0.3) is 26.3 Å². The fourth-order valence-corrected chi connectivity index (χ4v) is 3.73. The van der Waals surface area contributed by atoms with E-state index in [1.807, 2.05) is 43.3 Å². The van der Waals surface area contributed by atoms with Crippen molar-refractivity contribution >= 4 is 26.5 Å². The zero-order valence-electron chi connectivity index (χ0n) is 11.8. The summed E-state index contributed by atoms with van der Waals surface area (Å²) in [6, 6.07) is 15.0. The quantitative estimate of drug-likeness (QED) is 0.584. The van der Waals surface area contributed by atoms with Crippen LogP contribution in [0.5, 0.6) is 5.88 Å². The van der Waals surface area contributed by atoms with Gasteiger partial charge in [-0.15, -0.1) is 0 Å². The molecule has 4 aromatic rings. The number of aromatic hydroxyl groups is 1. The Bertz CT molecular complexity index is 1060. The molecule has 0 saturated carbocycles. The molecule has 0 spiro atoms. The Balaban J connectivity index is 2.16. The lowest BCUT2D eigenvalue weighted by atomic mass is 10.1. The van der Waals surface area contributed by atoms with Crippen LogP contribution in [0.4, 0.5) is 0 Å². The maximum atomic E-state index is 12.9. The highest BCUT2D eigenvalue weighted by molar-refractivity contribution is 7.23.